The quantitative estimate of drug-likeness (QED) is 0.219. The molecule has 0 fully saturated rings. The number of Topliss-reactive ketones (excluding diaryl/α,β-unsaturated/α-hetero) is 1. The Kier molecular flexibility index (Phi) is 8.48. The molecule has 0 aliphatic rings. The molecule has 1 unspecified atom stereocenters. The first-order chi connectivity index (χ1) is 18.9. The van der Waals surface area contributed by atoms with E-state index in [0.29, 0.717) is 45.4 Å². The number of ketones is 1. The summed E-state index contributed by atoms with van der Waals surface area (Å²) in [5.41, 5.74) is 6.61. The molecular formula is C28H30ClFN6O4. The SMILES string of the molecule is COc1cc(C(=O)CCC(C)(O)c2cc(C(C)(C)N)cc(-c3ccc(F)c(Cl)c3)n2)ccc1OCc1nn[nH]n1. The molecule has 0 amide bonds. The molecule has 210 valence electrons. The van der Waals surface area contributed by atoms with E-state index in [1.54, 1.807) is 43.3 Å². The van der Waals surface area contributed by atoms with Gasteiger partial charge in [-0.05, 0) is 81.3 Å². The van der Waals surface area contributed by atoms with E-state index in [1.807, 2.05) is 13.8 Å². The predicted octanol–water partition coefficient (Wildman–Crippen LogP) is 4.71. The average molecular weight is 569 g/mol. The number of nitrogens with one attached hydrogen (secondary N) is 1. The van der Waals surface area contributed by atoms with E-state index in [-0.39, 0.29) is 30.3 Å². The number of tetrazole rings is 1. The van der Waals surface area contributed by atoms with Crippen molar-refractivity contribution in [1.82, 2.24) is 25.6 Å². The molecule has 4 aromatic rings. The summed E-state index contributed by atoms with van der Waals surface area (Å²) in [5.74, 6) is 0.391. The summed E-state index contributed by atoms with van der Waals surface area (Å²) >= 11 is 6.00. The zero-order chi connectivity index (χ0) is 29.1. The number of carbonyl (C=O) groups excluding carboxylic acids is 1. The van der Waals surface area contributed by atoms with Crippen molar-refractivity contribution in [2.45, 2.75) is 51.4 Å². The van der Waals surface area contributed by atoms with Gasteiger partial charge >= 0.3 is 0 Å². The highest BCUT2D eigenvalue weighted by Gasteiger charge is 2.29. The van der Waals surface area contributed by atoms with E-state index in [0.717, 1.165) is 0 Å². The van der Waals surface area contributed by atoms with Crippen LogP contribution in [0.25, 0.3) is 11.3 Å². The summed E-state index contributed by atoms with van der Waals surface area (Å²) in [7, 11) is 1.47. The zero-order valence-electron chi connectivity index (χ0n) is 22.5. The topological polar surface area (TPSA) is 149 Å². The third-order valence-electron chi connectivity index (χ3n) is 6.41. The molecule has 12 heteroatoms. The molecule has 1 atom stereocenters. The fraction of sp³-hybridized carbons (Fsp3) is 0.321. The van der Waals surface area contributed by atoms with Gasteiger partial charge in [0.1, 0.15) is 11.4 Å². The lowest BCUT2D eigenvalue weighted by atomic mass is 9.88. The predicted molar refractivity (Wildman–Crippen MR) is 146 cm³/mol. The van der Waals surface area contributed by atoms with Crippen LogP contribution in [0.4, 0.5) is 4.39 Å². The van der Waals surface area contributed by atoms with Crippen molar-refractivity contribution in [2.24, 2.45) is 5.73 Å². The third kappa shape index (κ3) is 6.79. The fourth-order valence-corrected chi connectivity index (χ4v) is 4.14. The molecule has 2 aromatic heterocycles. The Bertz CT molecular complexity index is 1510. The van der Waals surface area contributed by atoms with Crippen LogP contribution in [0.2, 0.25) is 5.02 Å². The van der Waals surface area contributed by atoms with Crippen LogP contribution in [0.1, 0.15) is 61.1 Å². The number of rotatable bonds is 11. The van der Waals surface area contributed by atoms with Crippen LogP contribution in [-0.4, -0.2) is 43.6 Å². The highest BCUT2D eigenvalue weighted by Crippen LogP contribution is 2.34. The molecule has 4 N–H and O–H groups in total. The number of hydrogen-bond donors (Lipinski definition) is 3. The molecule has 10 nitrogen and oxygen atoms in total. The van der Waals surface area contributed by atoms with E-state index in [4.69, 9.17) is 26.8 Å². The molecule has 0 aliphatic carbocycles. The lowest BCUT2D eigenvalue weighted by molar-refractivity contribution is 0.0396. The molecule has 0 aliphatic heterocycles. The average Bonchev–Trinajstić information content (AvgIpc) is 3.45. The van der Waals surface area contributed by atoms with Gasteiger partial charge in [-0.3, -0.25) is 4.79 Å². The number of hydrogen-bond acceptors (Lipinski definition) is 9. The molecule has 0 saturated heterocycles. The summed E-state index contributed by atoms with van der Waals surface area (Å²) < 4.78 is 24.8. The standard InChI is InChI=1S/C28H30ClFN6O4/c1-27(2,31)18-13-21(16-5-7-20(30)19(29)11-16)32-25(14-18)28(3,38)10-9-22(37)17-6-8-23(24(12-17)39-4)40-15-26-33-35-36-34-26/h5-8,11-14,38H,9-10,15,31H2,1-4H3,(H,33,34,35,36). The Morgan fingerprint density at radius 3 is 2.55 bits per heavy atom. The van der Waals surface area contributed by atoms with Gasteiger partial charge in [0.25, 0.3) is 0 Å². The maximum atomic E-state index is 13.8. The molecule has 0 spiro atoms. The Morgan fingerprint density at radius 2 is 1.90 bits per heavy atom. The van der Waals surface area contributed by atoms with E-state index in [1.165, 1.54) is 19.2 Å². The molecule has 2 heterocycles. The molecule has 0 saturated carbocycles. The first kappa shape index (κ1) is 29.1. The Hall–Kier alpha value is -3.93. The third-order valence-corrected chi connectivity index (χ3v) is 6.70. The van der Waals surface area contributed by atoms with E-state index in [2.05, 4.69) is 25.6 Å². The van der Waals surface area contributed by atoms with Gasteiger partial charge in [-0.1, -0.05) is 16.8 Å². The van der Waals surface area contributed by atoms with Crippen LogP contribution in [-0.2, 0) is 17.7 Å². The Labute approximate surface area is 235 Å². The number of H-pyrrole nitrogens is 1. The van der Waals surface area contributed by atoms with Crippen molar-refractivity contribution in [2.75, 3.05) is 7.11 Å². The van der Waals surface area contributed by atoms with E-state index in [9.17, 15) is 14.3 Å². The number of carbonyl (C=O) groups is 1. The van der Waals surface area contributed by atoms with Crippen molar-refractivity contribution < 1.29 is 23.8 Å². The molecule has 2 aromatic carbocycles. The largest absolute Gasteiger partial charge is 0.493 e. The summed E-state index contributed by atoms with van der Waals surface area (Å²) in [6.07, 6.45) is 0.101. The van der Waals surface area contributed by atoms with Crippen LogP contribution in [0.3, 0.4) is 0 Å². The number of aromatic nitrogens is 5. The number of nitrogens with zero attached hydrogens (tertiary/aromatic N) is 4. The van der Waals surface area contributed by atoms with Crippen LogP contribution in [0.5, 0.6) is 11.5 Å². The van der Waals surface area contributed by atoms with Gasteiger partial charge in [0.05, 0.1) is 23.5 Å². The Balaban J connectivity index is 1.54. The van der Waals surface area contributed by atoms with Crippen molar-refractivity contribution in [1.29, 1.82) is 0 Å². The maximum Gasteiger partial charge on any atom is 0.211 e. The monoisotopic (exact) mass is 568 g/mol. The molecule has 4 rings (SSSR count). The van der Waals surface area contributed by atoms with Crippen molar-refractivity contribution in [3.63, 3.8) is 0 Å². The van der Waals surface area contributed by atoms with Crippen molar-refractivity contribution in [3.8, 4) is 22.8 Å². The van der Waals surface area contributed by atoms with Crippen LogP contribution < -0.4 is 15.2 Å². The number of nitrogens with two attached hydrogens (primary N) is 1. The number of aliphatic hydroxyl groups is 1. The van der Waals surface area contributed by atoms with Gasteiger partial charge in [-0.25, -0.2) is 9.37 Å². The smallest absolute Gasteiger partial charge is 0.211 e. The lowest BCUT2D eigenvalue weighted by Crippen LogP contribution is -2.31. The first-order valence-corrected chi connectivity index (χ1v) is 12.8. The van der Waals surface area contributed by atoms with Gasteiger partial charge in [-0.15, -0.1) is 10.2 Å². The molecule has 0 bridgehead atoms. The normalized spacial score (nSPS) is 13.1. The minimum absolute atomic E-state index is 0.0227. The maximum absolute atomic E-state index is 13.8. The fourth-order valence-electron chi connectivity index (χ4n) is 3.96. The van der Waals surface area contributed by atoms with Gasteiger partial charge in [0.2, 0.25) is 5.82 Å². The number of methoxy groups -OCH3 is 1. The van der Waals surface area contributed by atoms with Crippen LogP contribution in [0, 0.1) is 5.82 Å². The second kappa shape index (κ2) is 11.7. The van der Waals surface area contributed by atoms with E-state index < -0.39 is 17.0 Å². The Morgan fingerprint density at radius 1 is 1.12 bits per heavy atom. The van der Waals surface area contributed by atoms with Crippen LogP contribution in [0.15, 0.2) is 48.5 Å². The molecule has 0 radical (unpaired) electrons. The summed E-state index contributed by atoms with van der Waals surface area (Å²) in [4.78, 5) is 17.7. The number of ether oxygens (including phenoxy) is 2. The lowest BCUT2D eigenvalue weighted by Gasteiger charge is -2.27. The summed E-state index contributed by atoms with van der Waals surface area (Å²) in [6, 6.07) is 12.6. The van der Waals surface area contributed by atoms with Gasteiger partial charge < -0.3 is 20.3 Å². The second-order valence-electron chi connectivity index (χ2n) is 10.2. The van der Waals surface area contributed by atoms with Gasteiger partial charge in [-0.2, -0.15) is 5.21 Å². The number of halogens is 2. The van der Waals surface area contributed by atoms with Gasteiger partial charge in [0, 0.05) is 23.1 Å². The highest BCUT2D eigenvalue weighted by atomic mass is 35.5. The number of benzene rings is 2. The first-order valence-electron chi connectivity index (χ1n) is 12.4. The number of pyridine rings is 1. The summed E-state index contributed by atoms with van der Waals surface area (Å²) in [6.45, 7) is 5.32. The molecular weight excluding hydrogens is 539 g/mol. The van der Waals surface area contributed by atoms with Crippen molar-refractivity contribution in [3.05, 3.63) is 82.0 Å². The summed E-state index contributed by atoms with van der Waals surface area (Å²) in [5, 5.41) is 24.9. The highest BCUT2D eigenvalue weighted by molar-refractivity contribution is 6.31. The minimum Gasteiger partial charge on any atom is -0.493 e. The second-order valence-corrected chi connectivity index (χ2v) is 10.6. The van der Waals surface area contributed by atoms with E-state index >= 15 is 0 Å². The zero-order valence-corrected chi connectivity index (χ0v) is 23.3. The van der Waals surface area contributed by atoms with Gasteiger partial charge in [0.15, 0.2) is 23.9 Å². The van der Waals surface area contributed by atoms with Crippen molar-refractivity contribution >= 4 is 17.4 Å². The number of aromatic amines is 1. The van der Waals surface area contributed by atoms with Crippen LogP contribution >= 0.6 is 11.6 Å². The minimum atomic E-state index is -1.48. The molecule has 40 heavy (non-hydrogen) atoms.